The van der Waals surface area contributed by atoms with E-state index in [1.165, 1.54) is 6.20 Å². The van der Waals surface area contributed by atoms with Crippen molar-refractivity contribution in [2.75, 3.05) is 11.9 Å². The lowest BCUT2D eigenvalue weighted by molar-refractivity contribution is 0.102. The van der Waals surface area contributed by atoms with E-state index in [2.05, 4.69) is 36.5 Å². The first kappa shape index (κ1) is 17.1. The second kappa shape index (κ2) is 7.43. The number of anilines is 1. The predicted octanol–water partition coefficient (Wildman–Crippen LogP) is 3.38. The summed E-state index contributed by atoms with van der Waals surface area (Å²) in [6.07, 6.45) is 1.52. The molecule has 3 rings (SSSR count). The van der Waals surface area contributed by atoms with Crippen LogP contribution in [0, 0.1) is 6.92 Å². The molecule has 8 heteroatoms. The zero-order valence-corrected chi connectivity index (χ0v) is 15.3. The summed E-state index contributed by atoms with van der Waals surface area (Å²) in [5, 5.41) is 15.2. The number of hydrogen-bond donors (Lipinski definition) is 1. The molecule has 0 unspecified atom stereocenters. The molecule has 0 atom stereocenters. The van der Waals surface area contributed by atoms with Gasteiger partial charge in [-0.3, -0.25) is 4.79 Å². The molecule has 128 valence electrons. The van der Waals surface area contributed by atoms with Crippen LogP contribution in [0.25, 0.3) is 5.82 Å². The minimum absolute atomic E-state index is 0.232. The molecule has 3 aromatic rings. The Morgan fingerprint density at radius 3 is 2.60 bits per heavy atom. The van der Waals surface area contributed by atoms with Gasteiger partial charge in [0.1, 0.15) is 0 Å². The normalized spacial score (nSPS) is 10.5. The van der Waals surface area contributed by atoms with Crippen LogP contribution in [0.15, 0.2) is 47.1 Å². The highest BCUT2D eigenvalue weighted by Gasteiger charge is 2.16. The number of hydrogen-bond acceptors (Lipinski definition) is 5. The molecule has 2 aromatic heterocycles. The molecule has 2 heterocycles. The van der Waals surface area contributed by atoms with Crippen molar-refractivity contribution in [2.45, 2.75) is 13.8 Å². The Bertz CT molecular complexity index is 875. The Hall–Kier alpha value is -2.74. The van der Waals surface area contributed by atoms with E-state index in [-0.39, 0.29) is 5.91 Å². The number of nitrogens with one attached hydrogen (secondary N) is 1. The fourth-order valence-electron chi connectivity index (χ4n) is 2.25. The Labute approximate surface area is 153 Å². The van der Waals surface area contributed by atoms with Crippen LogP contribution in [0.3, 0.4) is 0 Å². The second-order valence-corrected chi connectivity index (χ2v) is 6.09. The number of halogens is 1. The molecule has 0 bridgehead atoms. The lowest BCUT2D eigenvalue weighted by atomic mass is 10.2. The maximum Gasteiger partial charge on any atom is 0.259 e. The van der Waals surface area contributed by atoms with Gasteiger partial charge in [0, 0.05) is 16.2 Å². The van der Waals surface area contributed by atoms with Crippen molar-refractivity contribution in [1.82, 2.24) is 20.0 Å². The lowest BCUT2D eigenvalue weighted by Crippen LogP contribution is -2.13. The molecule has 0 spiro atoms. The molecular formula is C17H16BrN5O2. The van der Waals surface area contributed by atoms with Gasteiger partial charge in [0.15, 0.2) is 5.82 Å². The highest BCUT2D eigenvalue weighted by Crippen LogP contribution is 2.17. The third kappa shape index (κ3) is 3.85. The van der Waals surface area contributed by atoms with E-state index < -0.39 is 0 Å². The van der Waals surface area contributed by atoms with Crippen molar-refractivity contribution >= 4 is 27.5 Å². The maximum absolute atomic E-state index is 12.5. The fraction of sp³-hybridized carbons (Fsp3) is 0.176. The Morgan fingerprint density at radius 1 is 1.20 bits per heavy atom. The van der Waals surface area contributed by atoms with Crippen molar-refractivity contribution in [3.63, 3.8) is 0 Å². The van der Waals surface area contributed by atoms with Gasteiger partial charge < -0.3 is 10.1 Å². The summed E-state index contributed by atoms with van der Waals surface area (Å²) in [5.74, 6) is 0.734. The fourth-order valence-corrected chi connectivity index (χ4v) is 2.51. The van der Waals surface area contributed by atoms with Crippen LogP contribution in [0.4, 0.5) is 5.69 Å². The molecule has 1 aromatic carbocycles. The van der Waals surface area contributed by atoms with Crippen LogP contribution in [0.5, 0.6) is 5.88 Å². The van der Waals surface area contributed by atoms with E-state index >= 15 is 0 Å². The van der Waals surface area contributed by atoms with Crippen LogP contribution in [0.1, 0.15) is 23.0 Å². The van der Waals surface area contributed by atoms with E-state index in [1.807, 2.05) is 38.1 Å². The maximum atomic E-state index is 12.5. The molecule has 0 aliphatic carbocycles. The van der Waals surface area contributed by atoms with E-state index in [9.17, 15) is 4.79 Å². The first-order chi connectivity index (χ1) is 12.1. The molecule has 0 aliphatic rings. The van der Waals surface area contributed by atoms with Crippen LogP contribution < -0.4 is 10.1 Å². The van der Waals surface area contributed by atoms with Gasteiger partial charge in [-0.25, -0.2) is 4.68 Å². The second-order valence-electron chi connectivity index (χ2n) is 5.18. The standard InChI is InChI=1S/C17H16BrN5O2/c1-3-25-16-9-8-15(21-22-16)23-11(2)14(10-19-23)17(24)20-13-6-4-12(18)5-7-13/h4-10H,3H2,1-2H3,(H,20,24). The Balaban J connectivity index is 1.80. The zero-order valence-electron chi connectivity index (χ0n) is 13.7. The van der Waals surface area contributed by atoms with E-state index in [4.69, 9.17) is 4.74 Å². The molecule has 0 fully saturated rings. The van der Waals surface area contributed by atoms with Crippen LogP contribution in [-0.2, 0) is 0 Å². The average Bonchev–Trinajstić information content (AvgIpc) is 2.99. The van der Waals surface area contributed by atoms with Gasteiger partial charge in [0.05, 0.1) is 24.1 Å². The summed E-state index contributed by atoms with van der Waals surface area (Å²) < 4.78 is 7.79. The van der Waals surface area contributed by atoms with Crippen molar-refractivity contribution in [3.8, 4) is 11.7 Å². The zero-order chi connectivity index (χ0) is 17.8. The summed E-state index contributed by atoms with van der Waals surface area (Å²) in [7, 11) is 0. The molecule has 0 radical (unpaired) electrons. The highest BCUT2D eigenvalue weighted by molar-refractivity contribution is 9.10. The summed E-state index contributed by atoms with van der Waals surface area (Å²) in [6, 6.07) is 10.8. The lowest BCUT2D eigenvalue weighted by Gasteiger charge is -2.06. The molecule has 25 heavy (non-hydrogen) atoms. The van der Waals surface area contributed by atoms with Gasteiger partial charge in [-0.1, -0.05) is 15.9 Å². The number of aromatic nitrogens is 4. The van der Waals surface area contributed by atoms with Gasteiger partial charge in [0.25, 0.3) is 5.91 Å². The van der Waals surface area contributed by atoms with Gasteiger partial charge in [-0.05, 0) is 44.2 Å². The number of amides is 1. The minimum Gasteiger partial charge on any atom is -0.477 e. The van der Waals surface area contributed by atoms with Crippen molar-refractivity contribution in [2.24, 2.45) is 0 Å². The molecule has 0 aliphatic heterocycles. The number of ether oxygens (including phenoxy) is 1. The Kier molecular flexibility index (Phi) is 5.08. The van der Waals surface area contributed by atoms with Gasteiger partial charge in [-0.2, -0.15) is 5.10 Å². The van der Waals surface area contributed by atoms with Gasteiger partial charge >= 0.3 is 0 Å². The largest absolute Gasteiger partial charge is 0.477 e. The third-order valence-corrected chi connectivity index (χ3v) is 4.02. The van der Waals surface area contributed by atoms with Crippen LogP contribution in [-0.4, -0.2) is 32.5 Å². The molecule has 1 amide bonds. The van der Waals surface area contributed by atoms with E-state index in [1.54, 1.807) is 16.8 Å². The Morgan fingerprint density at radius 2 is 1.96 bits per heavy atom. The SMILES string of the molecule is CCOc1ccc(-n2ncc(C(=O)Nc3ccc(Br)cc3)c2C)nn1. The number of carbonyl (C=O) groups is 1. The summed E-state index contributed by atoms with van der Waals surface area (Å²) in [6.45, 7) is 4.21. The predicted molar refractivity (Wildman–Crippen MR) is 97.2 cm³/mol. The molecule has 7 nitrogen and oxygen atoms in total. The average molecular weight is 402 g/mol. The monoisotopic (exact) mass is 401 g/mol. The molecule has 0 saturated heterocycles. The topological polar surface area (TPSA) is 81.9 Å². The number of rotatable bonds is 5. The quantitative estimate of drug-likeness (QED) is 0.708. The first-order valence-electron chi connectivity index (χ1n) is 7.67. The minimum atomic E-state index is -0.232. The van der Waals surface area contributed by atoms with E-state index in [0.717, 1.165) is 4.47 Å². The van der Waals surface area contributed by atoms with Crippen LogP contribution >= 0.6 is 15.9 Å². The van der Waals surface area contributed by atoms with Crippen molar-refractivity contribution in [1.29, 1.82) is 0 Å². The molecule has 0 saturated carbocycles. The van der Waals surface area contributed by atoms with Crippen molar-refractivity contribution < 1.29 is 9.53 Å². The number of benzene rings is 1. The van der Waals surface area contributed by atoms with Gasteiger partial charge in [0.2, 0.25) is 5.88 Å². The third-order valence-electron chi connectivity index (χ3n) is 3.49. The van der Waals surface area contributed by atoms with E-state index in [0.29, 0.717) is 35.2 Å². The molecular weight excluding hydrogens is 386 g/mol. The summed E-state index contributed by atoms with van der Waals surface area (Å²) in [4.78, 5) is 12.5. The van der Waals surface area contributed by atoms with Crippen LogP contribution in [0.2, 0.25) is 0 Å². The molecule has 1 N–H and O–H groups in total. The first-order valence-corrected chi connectivity index (χ1v) is 8.46. The van der Waals surface area contributed by atoms with Crippen molar-refractivity contribution in [3.05, 3.63) is 58.3 Å². The van der Waals surface area contributed by atoms with Gasteiger partial charge in [-0.15, -0.1) is 10.2 Å². The highest BCUT2D eigenvalue weighted by atomic mass is 79.9. The number of nitrogens with zero attached hydrogens (tertiary/aromatic N) is 4. The summed E-state index contributed by atoms with van der Waals surface area (Å²) in [5.41, 5.74) is 1.85. The summed E-state index contributed by atoms with van der Waals surface area (Å²) >= 11 is 3.36. The smallest absolute Gasteiger partial charge is 0.259 e. The number of carbonyl (C=O) groups excluding carboxylic acids is 1.